The van der Waals surface area contributed by atoms with Crippen LogP contribution in [-0.4, -0.2) is 0 Å². The van der Waals surface area contributed by atoms with Crippen molar-refractivity contribution in [2.75, 3.05) is 0 Å². The van der Waals surface area contributed by atoms with Crippen molar-refractivity contribution in [1.82, 2.24) is 0 Å². The van der Waals surface area contributed by atoms with Gasteiger partial charge in [-0.15, -0.1) is 0 Å². The van der Waals surface area contributed by atoms with Gasteiger partial charge in [-0.05, 0) is 116 Å². The van der Waals surface area contributed by atoms with Crippen LogP contribution in [0.15, 0.2) is 186 Å². The molecule has 1 heteroatoms. The molecule has 0 N–H and O–H groups in total. The molecule has 244 valence electrons. The summed E-state index contributed by atoms with van der Waals surface area (Å²) in [6.45, 7) is 0. The summed E-state index contributed by atoms with van der Waals surface area (Å²) in [5, 5.41) is 19.9. The van der Waals surface area contributed by atoms with Crippen LogP contribution in [0.2, 0.25) is 0 Å². The number of hydrogen-bond acceptors (Lipinski definition) is 1. The number of furan rings is 1. The van der Waals surface area contributed by atoms with Gasteiger partial charge in [0.25, 0.3) is 0 Å². The van der Waals surface area contributed by atoms with Crippen LogP contribution in [0.3, 0.4) is 0 Å². The average molecular weight is 671 g/mol. The van der Waals surface area contributed by atoms with Gasteiger partial charge in [-0.3, -0.25) is 0 Å². The molecule has 0 saturated heterocycles. The van der Waals surface area contributed by atoms with Gasteiger partial charge in [-0.25, -0.2) is 0 Å². The molecule has 1 aromatic heterocycles. The van der Waals surface area contributed by atoms with Crippen molar-refractivity contribution in [2.45, 2.75) is 0 Å². The SMILES string of the molecule is c1ccc2c(c1)ccc1oc3cc(-c4c5ccccc5c(-c5ccc6c7ccccc7c7ccccc7c6c5)c5ccccc45)c4ccccc4c3c12. The maximum absolute atomic E-state index is 6.75. The molecule has 12 aromatic rings. The molecule has 11 aromatic carbocycles. The van der Waals surface area contributed by atoms with E-state index in [0.29, 0.717) is 0 Å². The summed E-state index contributed by atoms with van der Waals surface area (Å²) < 4.78 is 6.75. The maximum atomic E-state index is 6.75. The van der Waals surface area contributed by atoms with E-state index < -0.39 is 0 Å². The van der Waals surface area contributed by atoms with Crippen molar-refractivity contribution >= 4 is 97.3 Å². The highest BCUT2D eigenvalue weighted by atomic mass is 16.3. The number of hydrogen-bond donors (Lipinski definition) is 0. The molecule has 0 aliphatic rings. The molecule has 1 heterocycles. The van der Waals surface area contributed by atoms with Gasteiger partial charge in [-0.2, -0.15) is 0 Å². The smallest absolute Gasteiger partial charge is 0.136 e. The van der Waals surface area contributed by atoms with Gasteiger partial charge in [0, 0.05) is 10.8 Å². The Kier molecular flexibility index (Phi) is 5.84. The van der Waals surface area contributed by atoms with Crippen LogP contribution in [0, 0.1) is 0 Å². The molecule has 0 spiro atoms. The van der Waals surface area contributed by atoms with Crippen molar-refractivity contribution in [3.63, 3.8) is 0 Å². The summed E-state index contributed by atoms with van der Waals surface area (Å²) in [5.74, 6) is 0. The first-order chi connectivity index (χ1) is 26.3. The fraction of sp³-hybridized carbons (Fsp3) is 0. The van der Waals surface area contributed by atoms with Crippen LogP contribution in [0.25, 0.3) is 120 Å². The lowest BCUT2D eigenvalue weighted by Crippen LogP contribution is -1.92. The van der Waals surface area contributed by atoms with E-state index >= 15 is 0 Å². The maximum Gasteiger partial charge on any atom is 0.136 e. The Balaban J connectivity index is 1.20. The lowest BCUT2D eigenvalue weighted by atomic mass is 9.83. The molecular formula is C52H30O. The quantitative estimate of drug-likeness (QED) is 0.132. The van der Waals surface area contributed by atoms with Crippen molar-refractivity contribution in [3.8, 4) is 22.3 Å². The molecule has 1 nitrogen and oxygen atoms in total. The molecule has 0 amide bonds. The third kappa shape index (κ3) is 3.97. The van der Waals surface area contributed by atoms with Gasteiger partial charge < -0.3 is 4.42 Å². The van der Waals surface area contributed by atoms with Crippen LogP contribution < -0.4 is 0 Å². The second kappa shape index (κ2) is 10.8. The first kappa shape index (κ1) is 28.7. The highest BCUT2D eigenvalue weighted by Gasteiger charge is 2.22. The minimum atomic E-state index is 0.913. The summed E-state index contributed by atoms with van der Waals surface area (Å²) in [7, 11) is 0. The molecule has 0 radical (unpaired) electrons. The third-order valence-electron chi connectivity index (χ3n) is 11.6. The molecule has 0 fully saturated rings. The Labute approximate surface area is 304 Å². The Morgan fingerprint density at radius 3 is 1.34 bits per heavy atom. The molecule has 0 aliphatic carbocycles. The molecule has 0 aliphatic heterocycles. The van der Waals surface area contributed by atoms with Crippen LogP contribution in [0.1, 0.15) is 0 Å². The van der Waals surface area contributed by atoms with Gasteiger partial charge in [0.1, 0.15) is 11.2 Å². The molecule has 0 bridgehead atoms. The second-order valence-corrected chi connectivity index (χ2v) is 14.3. The summed E-state index contributed by atoms with van der Waals surface area (Å²) >= 11 is 0. The largest absolute Gasteiger partial charge is 0.456 e. The van der Waals surface area contributed by atoms with E-state index in [9.17, 15) is 0 Å². The number of rotatable bonds is 2. The van der Waals surface area contributed by atoms with Crippen molar-refractivity contribution in [2.24, 2.45) is 0 Å². The van der Waals surface area contributed by atoms with E-state index in [1.807, 2.05) is 0 Å². The second-order valence-electron chi connectivity index (χ2n) is 14.3. The monoisotopic (exact) mass is 670 g/mol. The van der Waals surface area contributed by atoms with E-state index in [2.05, 4.69) is 182 Å². The zero-order valence-corrected chi connectivity index (χ0v) is 28.7. The first-order valence-electron chi connectivity index (χ1n) is 18.3. The fourth-order valence-corrected chi connectivity index (χ4v) is 9.40. The number of benzene rings is 11. The van der Waals surface area contributed by atoms with E-state index in [0.717, 1.165) is 11.2 Å². The molecule has 53 heavy (non-hydrogen) atoms. The van der Waals surface area contributed by atoms with Gasteiger partial charge in [0.15, 0.2) is 0 Å². The summed E-state index contributed by atoms with van der Waals surface area (Å²) in [6.07, 6.45) is 0. The minimum absolute atomic E-state index is 0.913. The van der Waals surface area contributed by atoms with Crippen molar-refractivity contribution in [1.29, 1.82) is 0 Å². The van der Waals surface area contributed by atoms with Gasteiger partial charge in [0.2, 0.25) is 0 Å². The zero-order valence-electron chi connectivity index (χ0n) is 28.7. The molecular weight excluding hydrogens is 641 g/mol. The van der Waals surface area contributed by atoms with Crippen molar-refractivity contribution < 1.29 is 4.42 Å². The van der Waals surface area contributed by atoms with Crippen LogP contribution in [0.5, 0.6) is 0 Å². The van der Waals surface area contributed by atoms with E-state index in [1.54, 1.807) is 0 Å². The van der Waals surface area contributed by atoms with Crippen LogP contribution in [0.4, 0.5) is 0 Å². The third-order valence-corrected chi connectivity index (χ3v) is 11.6. The molecule has 0 unspecified atom stereocenters. The summed E-state index contributed by atoms with van der Waals surface area (Å²) in [4.78, 5) is 0. The summed E-state index contributed by atoms with van der Waals surface area (Å²) in [5.41, 5.74) is 6.74. The topological polar surface area (TPSA) is 13.1 Å². The highest BCUT2D eigenvalue weighted by Crippen LogP contribution is 2.49. The molecule has 0 saturated carbocycles. The summed E-state index contributed by atoms with van der Waals surface area (Å²) in [6, 6.07) is 66.8. The van der Waals surface area contributed by atoms with E-state index in [-0.39, 0.29) is 0 Å². The Morgan fingerprint density at radius 2 is 0.717 bits per heavy atom. The lowest BCUT2D eigenvalue weighted by molar-refractivity contribution is 0.669. The highest BCUT2D eigenvalue weighted by molar-refractivity contribution is 6.32. The van der Waals surface area contributed by atoms with Crippen LogP contribution >= 0.6 is 0 Å². The Hall–Kier alpha value is -6.96. The van der Waals surface area contributed by atoms with Gasteiger partial charge in [0.05, 0.1) is 0 Å². The Morgan fingerprint density at radius 1 is 0.264 bits per heavy atom. The Bertz CT molecular complexity index is 3420. The molecule has 0 atom stereocenters. The van der Waals surface area contributed by atoms with E-state index in [4.69, 9.17) is 4.42 Å². The normalized spacial score (nSPS) is 12.2. The van der Waals surface area contributed by atoms with Crippen molar-refractivity contribution in [3.05, 3.63) is 182 Å². The van der Waals surface area contributed by atoms with Gasteiger partial charge >= 0.3 is 0 Å². The van der Waals surface area contributed by atoms with Gasteiger partial charge in [-0.1, -0.05) is 164 Å². The minimum Gasteiger partial charge on any atom is -0.456 e. The first-order valence-corrected chi connectivity index (χ1v) is 18.3. The van der Waals surface area contributed by atoms with E-state index in [1.165, 1.54) is 108 Å². The molecule has 12 rings (SSSR count). The standard InChI is InChI=1S/C52H30O/c1-2-14-33-31(13-1)26-28-47-51(33)52-40-20-8-7-19-38(40)46(30-48(52)53-47)50-43-23-11-9-21-41(43)49(42-22-10-12-24-44(42)50)32-25-27-39-36-17-4-3-15-34(36)35-16-5-6-18-37(35)45(39)29-32/h1-30H. The predicted molar refractivity (Wildman–Crippen MR) is 227 cm³/mol. The lowest BCUT2D eigenvalue weighted by Gasteiger charge is -2.19. The average Bonchev–Trinajstić information content (AvgIpc) is 3.62. The number of fused-ring (bicyclic) bond motifs is 15. The fourth-order valence-electron chi connectivity index (χ4n) is 9.40. The zero-order chi connectivity index (χ0) is 34.6. The predicted octanol–water partition coefficient (Wildman–Crippen LogP) is 15.0. The van der Waals surface area contributed by atoms with Crippen LogP contribution in [-0.2, 0) is 0 Å².